The number of hydrogen-bond donors (Lipinski definition) is 6. The summed E-state index contributed by atoms with van der Waals surface area (Å²) in [5, 5.41) is 14.8. The molecule has 4 atom stereocenters. The molecule has 0 bridgehead atoms. The van der Waals surface area contributed by atoms with Gasteiger partial charge in [-0.05, 0) is 25.2 Å². The van der Waals surface area contributed by atoms with Crippen molar-refractivity contribution in [2.24, 2.45) is 11.7 Å². The van der Waals surface area contributed by atoms with Gasteiger partial charge in [0.25, 0.3) is 0 Å². The number of aromatic nitrogens is 2. The molecule has 1 saturated heterocycles. The molecular weight excluding hydrogens is 436 g/mol. The molecule has 1 aliphatic rings. The normalized spacial score (nSPS) is 18.8. The molecule has 4 unspecified atom stereocenters. The minimum atomic E-state index is -1.08. The number of aromatic amines is 1. The summed E-state index contributed by atoms with van der Waals surface area (Å²) in [4.78, 5) is 58.3. The molecule has 12 heteroatoms. The number of nitrogens with zero attached hydrogens (tertiary/aromatic N) is 2. The summed E-state index contributed by atoms with van der Waals surface area (Å²) in [6.45, 7) is 4.11. The Kier molecular flexibility index (Phi) is 9.51. The highest BCUT2D eigenvalue weighted by Crippen LogP contribution is 2.19. The van der Waals surface area contributed by atoms with Crippen molar-refractivity contribution >= 4 is 36.3 Å². The average Bonchev–Trinajstić information content (AvgIpc) is 3.43. The van der Waals surface area contributed by atoms with E-state index >= 15 is 0 Å². The number of nitrogens with one attached hydrogen (secondary N) is 3. The summed E-state index contributed by atoms with van der Waals surface area (Å²) in [5.74, 6) is -2.42. The van der Waals surface area contributed by atoms with Gasteiger partial charge >= 0.3 is 5.97 Å². The quantitative estimate of drug-likeness (QED) is 0.233. The van der Waals surface area contributed by atoms with Crippen LogP contribution in [0.4, 0.5) is 0 Å². The minimum absolute atomic E-state index is 0.0787. The topological polar surface area (TPSA) is 171 Å². The molecule has 11 nitrogen and oxygen atoms in total. The summed E-state index contributed by atoms with van der Waals surface area (Å²) >= 11 is 4.01. The number of carboxylic acids is 1. The Bertz CT molecular complexity index is 802. The largest absolute Gasteiger partial charge is 0.480 e. The lowest BCUT2D eigenvalue weighted by Crippen LogP contribution is -2.58. The monoisotopic (exact) mass is 468 g/mol. The van der Waals surface area contributed by atoms with Gasteiger partial charge in [0, 0.05) is 30.6 Å². The van der Waals surface area contributed by atoms with Gasteiger partial charge in [-0.1, -0.05) is 13.8 Å². The van der Waals surface area contributed by atoms with Crippen LogP contribution in [0.5, 0.6) is 0 Å². The Labute approximate surface area is 192 Å². The van der Waals surface area contributed by atoms with E-state index in [0.717, 1.165) is 0 Å². The van der Waals surface area contributed by atoms with Crippen LogP contribution in [-0.4, -0.2) is 80.1 Å². The number of hydrogen-bond acceptors (Lipinski definition) is 7. The van der Waals surface area contributed by atoms with Gasteiger partial charge in [0.2, 0.25) is 17.7 Å². The Hall–Kier alpha value is -2.60. The van der Waals surface area contributed by atoms with E-state index in [9.17, 15) is 24.3 Å². The Balaban J connectivity index is 2.21. The zero-order valence-corrected chi connectivity index (χ0v) is 19.2. The number of carbonyl (C=O) groups excluding carboxylic acids is 3. The van der Waals surface area contributed by atoms with Crippen LogP contribution >= 0.6 is 12.6 Å². The summed E-state index contributed by atoms with van der Waals surface area (Å²) in [6, 6.07) is -3.72. The molecule has 0 radical (unpaired) electrons. The van der Waals surface area contributed by atoms with Crippen LogP contribution in [0.25, 0.3) is 0 Å². The van der Waals surface area contributed by atoms with Crippen LogP contribution in [0, 0.1) is 5.92 Å². The maximum atomic E-state index is 13.2. The molecule has 178 valence electrons. The molecule has 3 amide bonds. The van der Waals surface area contributed by atoms with Gasteiger partial charge in [0.15, 0.2) is 0 Å². The second-order valence-corrected chi connectivity index (χ2v) is 8.71. The first-order valence-corrected chi connectivity index (χ1v) is 11.2. The number of aliphatic carboxylic acids is 1. The summed E-state index contributed by atoms with van der Waals surface area (Å²) < 4.78 is 0. The van der Waals surface area contributed by atoms with Crippen molar-refractivity contribution in [3.05, 3.63) is 18.2 Å². The van der Waals surface area contributed by atoms with Gasteiger partial charge < -0.3 is 31.4 Å². The maximum Gasteiger partial charge on any atom is 0.326 e. The van der Waals surface area contributed by atoms with Crippen molar-refractivity contribution in [3.63, 3.8) is 0 Å². The van der Waals surface area contributed by atoms with Gasteiger partial charge in [-0.3, -0.25) is 14.4 Å². The molecule has 0 spiro atoms. The lowest BCUT2D eigenvalue weighted by atomic mass is 10.0. The summed E-state index contributed by atoms with van der Waals surface area (Å²) in [6.07, 6.45) is 4.36. The van der Waals surface area contributed by atoms with Crippen molar-refractivity contribution in [2.45, 2.75) is 63.7 Å². The first-order chi connectivity index (χ1) is 15.1. The molecule has 0 aromatic carbocycles. The molecule has 2 rings (SSSR count). The lowest BCUT2D eigenvalue weighted by Gasteiger charge is -2.29. The van der Waals surface area contributed by atoms with Crippen molar-refractivity contribution in [3.8, 4) is 0 Å². The Morgan fingerprint density at radius 2 is 1.97 bits per heavy atom. The first-order valence-electron chi connectivity index (χ1n) is 10.6. The van der Waals surface area contributed by atoms with Crippen LogP contribution in [0.15, 0.2) is 12.5 Å². The highest BCUT2D eigenvalue weighted by atomic mass is 32.1. The number of nitrogens with two attached hydrogens (primary N) is 1. The molecule has 1 fully saturated rings. The smallest absolute Gasteiger partial charge is 0.326 e. The zero-order valence-electron chi connectivity index (χ0n) is 18.3. The second-order valence-electron chi connectivity index (χ2n) is 8.35. The summed E-state index contributed by atoms with van der Waals surface area (Å²) in [7, 11) is 0. The van der Waals surface area contributed by atoms with E-state index in [1.54, 1.807) is 0 Å². The SMILES string of the molecule is CC(C)CC(NC(=O)C(N)CS)C(=O)NC(Cc1cnc[nH]1)C(=O)N1CCCC1C(=O)O. The second kappa shape index (κ2) is 11.9. The van der Waals surface area contributed by atoms with Gasteiger partial charge in [0.05, 0.1) is 12.4 Å². The number of thiol groups is 1. The third-order valence-electron chi connectivity index (χ3n) is 5.29. The van der Waals surface area contributed by atoms with E-state index in [0.29, 0.717) is 31.5 Å². The number of carboxylic acid groups (broad SMARTS) is 1. The minimum Gasteiger partial charge on any atom is -0.480 e. The zero-order chi connectivity index (χ0) is 23.8. The number of likely N-dealkylation sites (tertiary alicyclic amines) is 1. The molecule has 2 heterocycles. The average molecular weight is 469 g/mol. The summed E-state index contributed by atoms with van der Waals surface area (Å²) in [5.41, 5.74) is 6.32. The molecule has 6 N–H and O–H groups in total. The number of carbonyl (C=O) groups is 4. The van der Waals surface area contributed by atoms with Gasteiger partial charge in [-0.2, -0.15) is 12.6 Å². The van der Waals surface area contributed by atoms with Crippen LogP contribution in [-0.2, 0) is 25.6 Å². The first kappa shape index (κ1) is 25.7. The van der Waals surface area contributed by atoms with Gasteiger partial charge in [-0.15, -0.1) is 0 Å². The number of H-pyrrole nitrogens is 1. The highest BCUT2D eigenvalue weighted by Gasteiger charge is 2.38. The standard InChI is InChI=1S/C20H32N6O5S/c1-11(2)6-14(24-17(27)13(21)9-32)18(28)25-15(7-12-8-22-10-23-12)19(29)26-5-3-4-16(26)20(30)31/h8,10-11,13-16,32H,3-7,9,21H2,1-2H3,(H,22,23)(H,24,27)(H,25,28)(H,30,31). The molecule has 32 heavy (non-hydrogen) atoms. The lowest BCUT2D eigenvalue weighted by molar-refractivity contribution is -0.149. The predicted molar refractivity (Wildman–Crippen MR) is 120 cm³/mol. The molecule has 0 saturated carbocycles. The van der Waals surface area contributed by atoms with Crippen molar-refractivity contribution < 1.29 is 24.3 Å². The fraction of sp³-hybridized carbons (Fsp3) is 0.650. The third-order valence-corrected chi connectivity index (χ3v) is 5.68. The van der Waals surface area contributed by atoms with E-state index in [1.165, 1.54) is 17.4 Å². The fourth-order valence-corrected chi connectivity index (χ4v) is 3.81. The van der Waals surface area contributed by atoms with E-state index < -0.39 is 47.9 Å². The van der Waals surface area contributed by atoms with Crippen LogP contribution in [0.2, 0.25) is 0 Å². The van der Waals surface area contributed by atoms with Crippen LogP contribution < -0.4 is 16.4 Å². The van der Waals surface area contributed by atoms with E-state index in [4.69, 9.17) is 5.73 Å². The number of rotatable bonds is 11. The van der Waals surface area contributed by atoms with E-state index in [-0.39, 0.29) is 18.1 Å². The van der Waals surface area contributed by atoms with Crippen LogP contribution in [0.1, 0.15) is 38.8 Å². The molecule has 1 aliphatic heterocycles. The predicted octanol–water partition coefficient (Wildman–Crippen LogP) is -0.699. The van der Waals surface area contributed by atoms with Crippen molar-refractivity contribution in [2.75, 3.05) is 12.3 Å². The van der Waals surface area contributed by atoms with Gasteiger partial charge in [-0.25, -0.2) is 9.78 Å². The molecule has 1 aromatic rings. The fourth-order valence-electron chi connectivity index (χ4n) is 3.64. The van der Waals surface area contributed by atoms with Crippen molar-refractivity contribution in [1.29, 1.82) is 0 Å². The van der Waals surface area contributed by atoms with Gasteiger partial charge in [0.1, 0.15) is 18.1 Å². The molecule has 1 aromatic heterocycles. The van der Waals surface area contributed by atoms with Crippen LogP contribution in [0.3, 0.4) is 0 Å². The third kappa shape index (κ3) is 6.95. The Morgan fingerprint density at radius 3 is 2.53 bits per heavy atom. The highest BCUT2D eigenvalue weighted by molar-refractivity contribution is 7.80. The number of amides is 3. The molecular formula is C20H32N6O5S. The molecule has 0 aliphatic carbocycles. The number of imidazole rings is 1. The van der Waals surface area contributed by atoms with E-state index in [1.807, 2.05) is 13.8 Å². The maximum absolute atomic E-state index is 13.2. The van der Waals surface area contributed by atoms with Crippen molar-refractivity contribution in [1.82, 2.24) is 25.5 Å². The Morgan fingerprint density at radius 1 is 1.28 bits per heavy atom. The van der Waals surface area contributed by atoms with E-state index in [2.05, 4.69) is 33.2 Å².